The van der Waals surface area contributed by atoms with Crippen molar-refractivity contribution < 1.29 is 23.1 Å². The molecule has 0 spiro atoms. The first-order chi connectivity index (χ1) is 16.4. The molecular formula is C26H35F2N3O3. The number of unbranched alkanes of at least 4 members (excludes halogenated alkanes) is 1. The first kappa shape index (κ1) is 27.4. The molecule has 2 aromatic rings. The average molecular weight is 476 g/mol. The van der Waals surface area contributed by atoms with Gasteiger partial charge in [0.2, 0.25) is 5.91 Å². The third-order valence-electron chi connectivity index (χ3n) is 5.35. The zero-order valence-corrected chi connectivity index (χ0v) is 19.8. The predicted octanol–water partition coefficient (Wildman–Crippen LogP) is 3.86. The maximum atomic E-state index is 12.7. The maximum Gasteiger partial charge on any atom is 0.251 e. The van der Waals surface area contributed by atoms with E-state index in [4.69, 9.17) is 10.5 Å². The zero-order valence-electron chi connectivity index (χ0n) is 19.8. The van der Waals surface area contributed by atoms with Gasteiger partial charge in [0.05, 0.1) is 19.8 Å². The van der Waals surface area contributed by atoms with E-state index < -0.39 is 5.82 Å². The van der Waals surface area contributed by atoms with Crippen LogP contribution in [0.4, 0.5) is 8.78 Å². The van der Waals surface area contributed by atoms with Gasteiger partial charge < -0.3 is 20.7 Å². The van der Waals surface area contributed by atoms with Crippen molar-refractivity contribution in [2.45, 2.75) is 38.5 Å². The lowest BCUT2D eigenvalue weighted by atomic mass is 10.1. The highest BCUT2D eigenvalue weighted by Crippen LogP contribution is 2.39. The van der Waals surface area contributed by atoms with Gasteiger partial charge >= 0.3 is 0 Å². The molecule has 1 saturated heterocycles. The van der Waals surface area contributed by atoms with E-state index in [1.807, 2.05) is 12.1 Å². The van der Waals surface area contributed by atoms with Crippen LogP contribution in [-0.2, 0) is 9.53 Å². The number of carbonyl (C=O) groups excluding carboxylic acids is 2. The smallest absolute Gasteiger partial charge is 0.251 e. The summed E-state index contributed by atoms with van der Waals surface area (Å²) < 4.78 is 30.2. The van der Waals surface area contributed by atoms with E-state index in [1.54, 1.807) is 4.90 Å². The molecule has 1 aliphatic carbocycles. The lowest BCUT2D eigenvalue weighted by molar-refractivity contribution is -0.134. The molecule has 2 aromatic carbocycles. The number of hydrogen-bond donors (Lipinski definition) is 2. The Balaban J connectivity index is 0.000000225. The van der Waals surface area contributed by atoms with Gasteiger partial charge in [-0.2, -0.15) is 0 Å². The molecule has 1 heterocycles. The monoisotopic (exact) mass is 475 g/mol. The van der Waals surface area contributed by atoms with Gasteiger partial charge in [0, 0.05) is 18.7 Å². The second-order valence-corrected chi connectivity index (χ2v) is 8.15. The molecule has 0 unspecified atom stereocenters. The van der Waals surface area contributed by atoms with Crippen LogP contribution in [0, 0.1) is 11.6 Å². The molecule has 4 rings (SSSR count). The van der Waals surface area contributed by atoms with Crippen LogP contribution in [0.25, 0.3) is 0 Å². The summed E-state index contributed by atoms with van der Waals surface area (Å²) in [6.07, 6.45) is 4.95. The van der Waals surface area contributed by atoms with Gasteiger partial charge in [-0.15, -0.1) is 0 Å². The SMILES string of the molecule is CCCCN.Fc1ccc(C2CC2)cc1.O=C(NCC(=O)N1CCOCC1)c1ccc(F)cc1. The maximum absolute atomic E-state index is 12.7. The van der Waals surface area contributed by atoms with Crippen LogP contribution in [0.5, 0.6) is 0 Å². The van der Waals surface area contributed by atoms with E-state index in [2.05, 4.69) is 12.2 Å². The second kappa shape index (κ2) is 15.1. The minimum absolute atomic E-state index is 0.0593. The van der Waals surface area contributed by atoms with Gasteiger partial charge in [-0.3, -0.25) is 9.59 Å². The van der Waals surface area contributed by atoms with Crippen molar-refractivity contribution in [2.75, 3.05) is 39.4 Å². The van der Waals surface area contributed by atoms with E-state index in [0.29, 0.717) is 31.9 Å². The van der Waals surface area contributed by atoms with Crippen LogP contribution >= 0.6 is 0 Å². The molecule has 2 fully saturated rings. The van der Waals surface area contributed by atoms with E-state index in [9.17, 15) is 18.4 Å². The highest BCUT2D eigenvalue weighted by atomic mass is 19.1. The van der Waals surface area contributed by atoms with Gasteiger partial charge in [-0.1, -0.05) is 25.5 Å². The summed E-state index contributed by atoms with van der Waals surface area (Å²) in [7, 11) is 0. The Labute approximate surface area is 200 Å². The third kappa shape index (κ3) is 10.4. The van der Waals surface area contributed by atoms with E-state index in [-0.39, 0.29) is 24.2 Å². The molecular weight excluding hydrogens is 440 g/mol. The topological polar surface area (TPSA) is 84.7 Å². The minimum Gasteiger partial charge on any atom is -0.378 e. The molecule has 2 aliphatic rings. The van der Waals surface area contributed by atoms with E-state index in [1.165, 1.54) is 67.6 Å². The fraction of sp³-hybridized carbons (Fsp3) is 0.462. The molecule has 0 atom stereocenters. The highest BCUT2D eigenvalue weighted by molar-refractivity contribution is 5.96. The average Bonchev–Trinajstić information content (AvgIpc) is 3.71. The Kier molecular flexibility index (Phi) is 12.2. The standard InChI is InChI=1S/C13H15FN2O3.C9H9F.C4H11N/c14-11-3-1-10(2-4-11)13(18)15-9-12(17)16-5-7-19-8-6-16;10-9-5-3-8(4-6-9)7-1-2-7;1-2-3-4-5/h1-4H,5-9H2,(H,15,18);3-7H,1-2H2;2-5H2,1H3. The number of rotatable bonds is 6. The molecule has 0 radical (unpaired) electrons. The molecule has 1 aliphatic heterocycles. The van der Waals surface area contributed by atoms with Gasteiger partial charge in [0.1, 0.15) is 11.6 Å². The molecule has 0 aromatic heterocycles. The van der Waals surface area contributed by atoms with Crippen LogP contribution < -0.4 is 11.1 Å². The first-order valence-corrected chi connectivity index (χ1v) is 11.8. The van der Waals surface area contributed by atoms with Crippen molar-refractivity contribution in [1.82, 2.24) is 10.2 Å². The summed E-state index contributed by atoms with van der Waals surface area (Å²) in [4.78, 5) is 25.1. The van der Waals surface area contributed by atoms with Crippen molar-refractivity contribution in [3.05, 3.63) is 71.3 Å². The fourth-order valence-electron chi connectivity index (χ4n) is 3.14. The summed E-state index contributed by atoms with van der Waals surface area (Å²) in [5.74, 6) is -0.327. The van der Waals surface area contributed by atoms with Crippen molar-refractivity contribution in [1.29, 1.82) is 0 Å². The van der Waals surface area contributed by atoms with Crippen molar-refractivity contribution >= 4 is 11.8 Å². The molecule has 0 bridgehead atoms. The van der Waals surface area contributed by atoms with Crippen LogP contribution in [0.1, 0.15) is 54.4 Å². The number of nitrogens with one attached hydrogen (secondary N) is 1. The number of halogens is 2. The van der Waals surface area contributed by atoms with Crippen molar-refractivity contribution in [2.24, 2.45) is 5.73 Å². The summed E-state index contributed by atoms with van der Waals surface area (Å²) in [5.41, 5.74) is 6.76. The van der Waals surface area contributed by atoms with Crippen LogP contribution in [-0.4, -0.2) is 56.1 Å². The molecule has 2 amide bonds. The Hall–Kier alpha value is -2.84. The molecule has 34 heavy (non-hydrogen) atoms. The molecule has 8 heteroatoms. The molecule has 3 N–H and O–H groups in total. The normalized spacial score (nSPS) is 14.8. The van der Waals surface area contributed by atoms with Gasteiger partial charge in [0.25, 0.3) is 5.91 Å². The predicted molar refractivity (Wildman–Crippen MR) is 128 cm³/mol. The number of nitrogens with zero attached hydrogens (tertiary/aromatic N) is 1. The Morgan fingerprint density at radius 1 is 1.00 bits per heavy atom. The van der Waals surface area contributed by atoms with Crippen LogP contribution in [0.2, 0.25) is 0 Å². The number of benzene rings is 2. The summed E-state index contributed by atoms with van der Waals surface area (Å²) in [5, 5.41) is 2.52. The third-order valence-corrected chi connectivity index (χ3v) is 5.35. The summed E-state index contributed by atoms with van der Waals surface area (Å²) >= 11 is 0. The lowest BCUT2D eigenvalue weighted by Crippen LogP contribution is -2.45. The first-order valence-electron chi connectivity index (χ1n) is 11.8. The lowest BCUT2D eigenvalue weighted by Gasteiger charge is -2.26. The molecule has 6 nitrogen and oxygen atoms in total. The van der Waals surface area contributed by atoms with E-state index in [0.717, 1.165) is 12.5 Å². The number of amides is 2. The fourth-order valence-corrected chi connectivity index (χ4v) is 3.14. The Bertz CT molecular complexity index is 864. The number of hydrogen-bond acceptors (Lipinski definition) is 4. The Morgan fingerprint density at radius 2 is 1.56 bits per heavy atom. The summed E-state index contributed by atoms with van der Waals surface area (Å²) in [6.45, 7) is 5.06. The number of nitrogens with two attached hydrogens (primary N) is 1. The zero-order chi connectivity index (χ0) is 24.8. The van der Waals surface area contributed by atoms with Crippen LogP contribution in [0.3, 0.4) is 0 Å². The second-order valence-electron chi connectivity index (χ2n) is 8.15. The summed E-state index contributed by atoms with van der Waals surface area (Å²) in [6, 6.07) is 12.0. The van der Waals surface area contributed by atoms with Crippen molar-refractivity contribution in [3.63, 3.8) is 0 Å². The van der Waals surface area contributed by atoms with E-state index >= 15 is 0 Å². The van der Waals surface area contributed by atoms with Gasteiger partial charge in [0.15, 0.2) is 0 Å². The molecule has 186 valence electrons. The van der Waals surface area contributed by atoms with Gasteiger partial charge in [-0.25, -0.2) is 8.78 Å². The largest absolute Gasteiger partial charge is 0.378 e. The molecule has 1 saturated carbocycles. The number of ether oxygens (including phenoxy) is 1. The van der Waals surface area contributed by atoms with Crippen molar-refractivity contribution in [3.8, 4) is 0 Å². The minimum atomic E-state index is -0.402. The Morgan fingerprint density at radius 3 is 2.03 bits per heavy atom. The highest BCUT2D eigenvalue weighted by Gasteiger charge is 2.22. The van der Waals surface area contributed by atoms with Gasteiger partial charge in [-0.05, 0) is 73.7 Å². The number of carbonyl (C=O) groups is 2. The van der Waals surface area contributed by atoms with Crippen LogP contribution in [0.15, 0.2) is 48.5 Å². The quantitative estimate of drug-likeness (QED) is 0.665. The number of morpholine rings is 1.